The molecule has 2 heterocycles. The Kier molecular flexibility index (Phi) is 5.55. The van der Waals surface area contributed by atoms with Gasteiger partial charge in [-0.2, -0.15) is 0 Å². The van der Waals surface area contributed by atoms with Gasteiger partial charge in [-0.3, -0.25) is 9.36 Å². The molecule has 0 aliphatic carbocycles. The summed E-state index contributed by atoms with van der Waals surface area (Å²) in [6.45, 7) is 3.91. The van der Waals surface area contributed by atoms with Crippen LogP contribution in [0.2, 0.25) is 0 Å². The SMILES string of the molecule is Cc1cc(C(=O)CSc2nnc(-c3ccccc3F)n2-c2ccccc2)c(C)n1C. The van der Waals surface area contributed by atoms with Crippen molar-refractivity contribution >= 4 is 17.5 Å². The van der Waals surface area contributed by atoms with E-state index in [0.29, 0.717) is 22.1 Å². The van der Waals surface area contributed by atoms with E-state index < -0.39 is 0 Å². The van der Waals surface area contributed by atoms with Crippen LogP contribution in [0.25, 0.3) is 17.1 Å². The second-order valence-electron chi connectivity index (χ2n) is 7.01. The Labute approximate surface area is 178 Å². The fourth-order valence-corrected chi connectivity index (χ4v) is 4.17. The topological polar surface area (TPSA) is 52.7 Å². The maximum absolute atomic E-state index is 14.5. The van der Waals surface area contributed by atoms with Crippen LogP contribution in [0.5, 0.6) is 0 Å². The number of aromatic nitrogens is 4. The number of carbonyl (C=O) groups is 1. The molecule has 2 aromatic carbocycles. The molecule has 0 bridgehead atoms. The molecule has 0 N–H and O–H groups in total. The van der Waals surface area contributed by atoms with Crippen LogP contribution in [0.15, 0.2) is 65.8 Å². The molecule has 152 valence electrons. The predicted molar refractivity (Wildman–Crippen MR) is 117 cm³/mol. The van der Waals surface area contributed by atoms with E-state index in [4.69, 9.17) is 0 Å². The predicted octanol–water partition coefficient (Wildman–Crippen LogP) is 5.00. The van der Waals surface area contributed by atoms with Gasteiger partial charge >= 0.3 is 0 Å². The van der Waals surface area contributed by atoms with Crippen molar-refractivity contribution in [1.82, 2.24) is 19.3 Å². The molecule has 0 unspecified atom stereocenters. The Hall–Kier alpha value is -3.19. The number of carbonyl (C=O) groups excluding carboxylic acids is 1. The van der Waals surface area contributed by atoms with Crippen LogP contribution >= 0.6 is 11.8 Å². The fourth-order valence-electron chi connectivity index (χ4n) is 3.34. The average molecular weight is 421 g/mol. The molecule has 7 heteroatoms. The quantitative estimate of drug-likeness (QED) is 0.325. The minimum absolute atomic E-state index is 0.0243. The number of nitrogens with zero attached hydrogens (tertiary/aromatic N) is 4. The van der Waals surface area contributed by atoms with E-state index in [1.165, 1.54) is 17.8 Å². The van der Waals surface area contributed by atoms with Crippen LogP contribution < -0.4 is 0 Å². The maximum Gasteiger partial charge on any atom is 0.196 e. The molecule has 0 saturated heterocycles. The van der Waals surface area contributed by atoms with Gasteiger partial charge in [0.25, 0.3) is 0 Å². The van der Waals surface area contributed by atoms with Gasteiger partial charge in [-0.05, 0) is 44.2 Å². The number of hydrogen-bond donors (Lipinski definition) is 0. The van der Waals surface area contributed by atoms with Gasteiger partial charge in [0.15, 0.2) is 16.8 Å². The second kappa shape index (κ2) is 8.28. The summed E-state index contributed by atoms with van der Waals surface area (Å²) in [6, 6.07) is 17.9. The molecule has 0 aliphatic heterocycles. The number of rotatable bonds is 6. The normalized spacial score (nSPS) is 11.1. The molecule has 0 aliphatic rings. The Bertz CT molecular complexity index is 1210. The van der Waals surface area contributed by atoms with Crippen LogP contribution in [0.4, 0.5) is 4.39 Å². The van der Waals surface area contributed by atoms with Gasteiger partial charge in [-0.1, -0.05) is 42.1 Å². The van der Waals surface area contributed by atoms with Crippen molar-refractivity contribution in [3.05, 3.63) is 83.4 Å². The van der Waals surface area contributed by atoms with E-state index in [-0.39, 0.29) is 17.4 Å². The highest BCUT2D eigenvalue weighted by Gasteiger charge is 2.20. The fraction of sp³-hybridized carbons (Fsp3) is 0.174. The molecular formula is C23H21FN4OS. The van der Waals surface area contributed by atoms with Gasteiger partial charge in [0.05, 0.1) is 11.3 Å². The van der Waals surface area contributed by atoms with Gasteiger partial charge in [0.2, 0.25) is 0 Å². The summed E-state index contributed by atoms with van der Waals surface area (Å²) in [5.41, 5.74) is 3.86. The number of benzene rings is 2. The number of thioether (sulfide) groups is 1. The Morgan fingerprint density at radius 2 is 1.73 bits per heavy atom. The summed E-state index contributed by atoms with van der Waals surface area (Å²) in [7, 11) is 1.95. The average Bonchev–Trinajstić information content (AvgIpc) is 3.29. The van der Waals surface area contributed by atoms with E-state index in [2.05, 4.69) is 10.2 Å². The summed E-state index contributed by atoms with van der Waals surface area (Å²) in [5.74, 6) is 0.273. The largest absolute Gasteiger partial charge is 0.351 e. The van der Waals surface area contributed by atoms with Gasteiger partial charge in [-0.25, -0.2) is 4.39 Å². The number of para-hydroxylation sites is 1. The number of ketones is 1. The van der Waals surface area contributed by atoms with Crippen molar-refractivity contribution in [2.24, 2.45) is 7.05 Å². The number of Topliss-reactive ketones (excluding diaryl/α,β-unsaturated/α-hetero) is 1. The van der Waals surface area contributed by atoms with E-state index in [1.54, 1.807) is 22.8 Å². The first kappa shape index (κ1) is 20.1. The van der Waals surface area contributed by atoms with Gasteiger partial charge in [0.1, 0.15) is 5.82 Å². The third-order valence-electron chi connectivity index (χ3n) is 5.17. The maximum atomic E-state index is 14.5. The zero-order valence-corrected chi connectivity index (χ0v) is 17.8. The van der Waals surface area contributed by atoms with E-state index in [0.717, 1.165) is 17.1 Å². The summed E-state index contributed by atoms with van der Waals surface area (Å²) in [4.78, 5) is 12.8. The molecule has 5 nitrogen and oxygen atoms in total. The summed E-state index contributed by atoms with van der Waals surface area (Å²) in [5, 5.41) is 9.06. The lowest BCUT2D eigenvalue weighted by atomic mass is 10.2. The van der Waals surface area contributed by atoms with E-state index >= 15 is 0 Å². The first-order valence-corrected chi connectivity index (χ1v) is 10.5. The van der Waals surface area contributed by atoms with Gasteiger partial charge in [-0.15, -0.1) is 10.2 Å². The molecular weight excluding hydrogens is 399 g/mol. The monoisotopic (exact) mass is 420 g/mol. The van der Waals surface area contributed by atoms with Crippen LogP contribution in [0.1, 0.15) is 21.7 Å². The lowest BCUT2D eigenvalue weighted by Crippen LogP contribution is -2.06. The van der Waals surface area contributed by atoms with Crippen LogP contribution in [-0.2, 0) is 7.05 Å². The lowest BCUT2D eigenvalue weighted by molar-refractivity contribution is 0.102. The minimum atomic E-state index is -0.370. The van der Waals surface area contributed by atoms with Crippen molar-refractivity contribution < 1.29 is 9.18 Å². The van der Waals surface area contributed by atoms with Crippen molar-refractivity contribution in [1.29, 1.82) is 0 Å². The smallest absolute Gasteiger partial charge is 0.196 e. The molecule has 30 heavy (non-hydrogen) atoms. The molecule has 0 amide bonds. The molecule has 0 atom stereocenters. The highest BCUT2D eigenvalue weighted by Crippen LogP contribution is 2.30. The molecule has 4 rings (SSSR count). The highest BCUT2D eigenvalue weighted by molar-refractivity contribution is 7.99. The summed E-state index contributed by atoms with van der Waals surface area (Å²) in [6.07, 6.45) is 0. The lowest BCUT2D eigenvalue weighted by Gasteiger charge is -2.10. The Balaban J connectivity index is 1.69. The van der Waals surface area contributed by atoms with E-state index in [9.17, 15) is 9.18 Å². The second-order valence-corrected chi connectivity index (χ2v) is 7.96. The third-order valence-corrected chi connectivity index (χ3v) is 6.10. The molecule has 0 radical (unpaired) electrons. The van der Waals surface area contributed by atoms with Crippen LogP contribution in [0, 0.1) is 19.7 Å². The number of aryl methyl sites for hydroxylation is 1. The molecule has 4 aromatic rings. The number of hydrogen-bond acceptors (Lipinski definition) is 4. The van der Waals surface area contributed by atoms with E-state index in [1.807, 2.05) is 61.9 Å². The van der Waals surface area contributed by atoms with Crippen molar-refractivity contribution in [2.45, 2.75) is 19.0 Å². The molecule has 0 saturated carbocycles. The van der Waals surface area contributed by atoms with Crippen LogP contribution in [-0.4, -0.2) is 30.9 Å². The molecule has 0 fully saturated rings. The Morgan fingerprint density at radius 3 is 2.40 bits per heavy atom. The van der Waals surface area contributed by atoms with Crippen molar-refractivity contribution in [2.75, 3.05) is 5.75 Å². The first-order valence-electron chi connectivity index (χ1n) is 9.52. The molecule has 2 aromatic heterocycles. The van der Waals surface area contributed by atoms with Crippen molar-refractivity contribution in [3.8, 4) is 17.1 Å². The zero-order chi connectivity index (χ0) is 21.3. The van der Waals surface area contributed by atoms with Crippen molar-refractivity contribution in [3.63, 3.8) is 0 Å². The molecule has 0 spiro atoms. The summed E-state index contributed by atoms with van der Waals surface area (Å²) < 4.78 is 18.2. The minimum Gasteiger partial charge on any atom is -0.351 e. The Morgan fingerprint density at radius 1 is 1.03 bits per heavy atom. The standard InChI is InChI=1S/C23H21FN4OS/c1-15-13-19(16(2)27(15)3)21(29)14-30-23-26-25-22(18-11-7-8-12-20(18)24)28(23)17-9-5-4-6-10-17/h4-13H,14H2,1-3H3. The van der Waals surface area contributed by atoms with Gasteiger partial charge in [0, 0.05) is 29.7 Å². The zero-order valence-electron chi connectivity index (χ0n) is 17.0. The van der Waals surface area contributed by atoms with Gasteiger partial charge < -0.3 is 4.57 Å². The first-order chi connectivity index (χ1) is 14.5. The third kappa shape index (κ3) is 3.68. The summed E-state index contributed by atoms with van der Waals surface area (Å²) >= 11 is 1.30. The highest BCUT2D eigenvalue weighted by atomic mass is 32.2. The number of halogens is 1. The van der Waals surface area contributed by atoms with Crippen LogP contribution in [0.3, 0.4) is 0 Å².